The van der Waals surface area contributed by atoms with Gasteiger partial charge in [-0.3, -0.25) is 0 Å². The summed E-state index contributed by atoms with van der Waals surface area (Å²) in [7, 11) is 1.84. The predicted octanol–water partition coefficient (Wildman–Crippen LogP) is 7.37. The SMILES string of the molecule is COC1C[CH-]C(C#CC2CCC(C3CCC(CC4=CC(C)CC4)CC3)CC2)CC1.[Y]. The average Bonchev–Trinajstić information content (AvgIpc) is 3.18. The van der Waals surface area contributed by atoms with Crippen LogP contribution in [0.3, 0.4) is 0 Å². The van der Waals surface area contributed by atoms with Gasteiger partial charge in [-0.2, -0.15) is 6.42 Å². The van der Waals surface area contributed by atoms with E-state index in [2.05, 4.69) is 31.3 Å². The summed E-state index contributed by atoms with van der Waals surface area (Å²) in [6.45, 7) is 2.38. The van der Waals surface area contributed by atoms with E-state index >= 15 is 0 Å². The molecule has 4 aliphatic rings. The van der Waals surface area contributed by atoms with Crippen LogP contribution < -0.4 is 0 Å². The maximum Gasteiger partial charge on any atom is 0.0357 e. The summed E-state index contributed by atoms with van der Waals surface area (Å²) in [6, 6.07) is 0. The normalized spacial score (nSPS) is 39.4. The molecule has 3 unspecified atom stereocenters. The van der Waals surface area contributed by atoms with Crippen molar-refractivity contribution in [3.05, 3.63) is 18.1 Å². The molecule has 165 valence electrons. The summed E-state index contributed by atoms with van der Waals surface area (Å²) in [5.74, 6) is 12.3. The van der Waals surface area contributed by atoms with E-state index in [0.717, 1.165) is 30.1 Å². The molecule has 4 rings (SSSR count). The Morgan fingerprint density at radius 1 is 0.900 bits per heavy atom. The van der Waals surface area contributed by atoms with Crippen molar-refractivity contribution in [1.82, 2.24) is 0 Å². The maximum absolute atomic E-state index is 5.46. The van der Waals surface area contributed by atoms with Crippen molar-refractivity contribution < 1.29 is 37.4 Å². The zero-order valence-electron chi connectivity index (χ0n) is 19.6. The van der Waals surface area contributed by atoms with Crippen LogP contribution in [0.5, 0.6) is 0 Å². The van der Waals surface area contributed by atoms with E-state index in [1.54, 1.807) is 5.57 Å². The van der Waals surface area contributed by atoms with Crippen molar-refractivity contribution in [1.29, 1.82) is 0 Å². The van der Waals surface area contributed by atoms with Crippen LogP contribution >= 0.6 is 0 Å². The summed E-state index contributed by atoms with van der Waals surface area (Å²) < 4.78 is 5.46. The number of hydrogen-bond acceptors (Lipinski definition) is 1. The zero-order chi connectivity index (χ0) is 20.1. The first-order valence-electron chi connectivity index (χ1n) is 12.8. The second kappa shape index (κ2) is 12.6. The molecule has 0 N–H and O–H groups in total. The summed E-state index contributed by atoms with van der Waals surface area (Å²) in [4.78, 5) is 0. The van der Waals surface area contributed by atoms with E-state index in [-0.39, 0.29) is 32.7 Å². The standard InChI is InChI=1S/C28H43O.Y/c1-21-3-4-25(19-21)20-24-9-15-27(16-10-24)26-13-7-22(8-14-26)5-6-23-11-17-28(29-2)18-12-23;/h11,19,21-24,26-28H,3-4,7-10,12-18,20H2,1-2H3;/q-1;. The van der Waals surface area contributed by atoms with Gasteiger partial charge >= 0.3 is 0 Å². The van der Waals surface area contributed by atoms with E-state index in [0.29, 0.717) is 17.9 Å². The first-order valence-corrected chi connectivity index (χ1v) is 12.8. The Hall–Kier alpha value is 0.364. The maximum atomic E-state index is 5.46. The molecule has 0 amide bonds. The Labute approximate surface area is 211 Å². The van der Waals surface area contributed by atoms with Crippen LogP contribution in [0, 0.1) is 53.8 Å². The second-order valence-electron chi connectivity index (χ2n) is 10.7. The molecule has 0 heterocycles. The third-order valence-corrected chi connectivity index (χ3v) is 8.61. The van der Waals surface area contributed by atoms with Gasteiger partial charge in [0.05, 0.1) is 0 Å². The molecule has 30 heavy (non-hydrogen) atoms. The average molecular weight is 485 g/mol. The van der Waals surface area contributed by atoms with E-state index in [1.807, 2.05) is 7.11 Å². The fraction of sp³-hybridized carbons (Fsp3) is 0.821. The van der Waals surface area contributed by atoms with Crippen molar-refractivity contribution in [3.63, 3.8) is 0 Å². The van der Waals surface area contributed by atoms with Crippen molar-refractivity contribution in [2.24, 2.45) is 35.5 Å². The third kappa shape index (κ3) is 7.19. The molecule has 1 nitrogen and oxygen atoms in total. The molecule has 0 aliphatic heterocycles. The second-order valence-corrected chi connectivity index (χ2v) is 10.7. The zero-order valence-corrected chi connectivity index (χ0v) is 22.4. The summed E-state index contributed by atoms with van der Waals surface area (Å²) in [5.41, 5.74) is 1.79. The first kappa shape index (κ1) is 25.0. The van der Waals surface area contributed by atoms with E-state index in [1.165, 1.54) is 83.5 Å². The smallest absolute Gasteiger partial charge is 0.0357 e. The van der Waals surface area contributed by atoms with E-state index in [9.17, 15) is 0 Å². The minimum atomic E-state index is 0. The molecular formula is C28H43OY-. The molecule has 1 radical (unpaired) electrons. The Morgan fingerprint density at radius 2 is 1.60 bits per heavy atom. The summed E-state index contributed by atoms with van der Waals surface area (Å²) in [6.07, 6.45) is 24.7. The van der Waals surface area contributed by atoms with Crippen LogP contribution in [-0.4, -0.2) is 13.2 Å². The van der Waals surface area contributed by atoms with Gasteiger partial charge in [0.15, 0.2) is 0 Å². The molecule has 0 bridgehead atoms. The van der Waals surface area contributed by atoms with Crippen molar-refractivity contribution >= 4 is 0 Å². The number of hydrogen-bond donors (Lipinski definition) is 0. The van der Waals surface area contributed by atoms with Gasteiger partial charge in [-0.1, -0.05) is 25.0 Å². The fourth-order valence-corrected chi connectivity index (χ4v) is 6.61. The molecule has 0 saturated heterocycles. The van der Waals surface area contributed by atoms with Crippen LogP contribution in [0.4, 0.5) is 0 Å². The molecular weight excluding hydrogens is 441 g/mol. The van der Waals surface area contributed by atoms with Gasteiger partial charge in [0.1, 0.15) is 0 Å². The summed E-state index contributed by atoms with van der Waals surface area (Å²) >= 11 is 0. The third-order valence-electron chi connectivity index (χ3n) is 8.61. The molecule has 3 fully saturated rings. The predicted molar refractivity (Wildman–Crippen MR) is 122 cm³/mol. The largest absolute Gasteiger partial charge is 0.384 e. The summed E-state index contributed by atoms with van der Waals surface area (Å²) in [5, 5.41) is 0. The molecule has 3 saturated carbocycles. The van der Waals surface area contributed by atoms with Crippen LogP contribution in [0.25, 0.3) is 0 Å². The molecule has 0 aromatic carbocycles. The number of allylic oxidation sites excluding steroid dienone is 2. The Balaban J connectivity index is 0.00000256. The monoisotopic (exact) mass is 484 g/mol. The van der Waals surface area contributed by atoms with E-state index in [4.69, 9.17) is 4.74 Å². The van der Waals surface area contributed by atoms with Crippen LogP contribution in [0.1, 0.15) is 96.8 Å². The quantitative estimate of drug-likeness (QED) is 0.230. The minimum Gasteiger partial charge on any atom is -0.384 e. The van der Waals surface area contributed by atoms with Crippen LogP contribution in [0.15, 0.2) is 11.6 Å². The van der Waals surface area contributed by atoms with Crippen molar-refractivity contribution in [2.45, 2.75) is 103 Å². The number of ether oxygens (including phenoxy) is 1. The molecule has 0 spiro atoms. The fourth-order valence-electron chi connectivity index (χ4n) is 6.61. The Kier molecular flexibility index (Phi) is 10.5. The van der Waals surface area contributed by atoms with Gasteiger partial charge in [-0.15, -0.1) is 17.8 Å². The number of methoxy groups -OCH3 is 1. The van der Waals surface area contributed by atoms with Gasteiger partial charge in [0, 0.05) is 51.8 Å². The molecule has 4 aliphatic carbocycles. The van der Waals surface area contributed by atoms with Gasteiger partial charge < -0.3 is 11.2 Å². The van der Waals surface area contributed by atoms with E-state index < -0.39 is 0 Å². The minimum absolute atomic E-state index is 0. The molecule has 0 aromatic rings. The van der Waals surface area contributed by atoms with Crippen molar-refractivity contribution in [2.75, 3.05) is 7.11 Å². The van der Waals surface area contributed by atoms with Gasteiger partial charge in [-0.05, 0) is 101 Å². The van der Waals surface area contributed by atoms with Gasteiger partial charge in [-0.25, -0.2) is 0 Å². The van der Waals surface area contributed by atoms with Crippen molar-refractivity contribution in [3.8, 4) is 11.8 Å². The first-order chi connectivity index (χ1) is 14.2. The molecule has 3 atom stereocenters. The number of rotatable bonds is 4. The molecule has 0 aromatic heterocycles. The van der Waals surface area contributed by atoms with Crippen LogP contribution in [-0.2, 0) is 37.4 Å². The van der Waals surface area contributed by atoms with Gasteiger partial charge in [0.25, 0.3) is 0 Å². The topological polar surface area (TPSA) is 9.23 Å². The van der Waals surface area contributed by atoms with Crippen LogP contribution in [0.2, 0.25) is 0 Å². The van der Waals surface area contributed by atoms with Gasteiger partial charge in [0.2, 0.25) is 0 Å². The Bertz CT molecular complexity index is 590. The molecule has 2 heteroatoms. The Morgan fingerprint density at radius 3 is 2.17 bits per heavy atom.